The molecule has 0 aliphatic carbocycles. The molecule has 0 aliphatic rings. The van der Waals surface area contributed by atoms with Crippen LogP contribution in [0.3, 0.4) is 0 Å². The average molecular weight is 999 g/mol. The lowest BCUT2D eigenvalue weighted by molar-refractivity contribution is -0.870. The number of esters is 1. The van der Waals surface area contributed by atoms with E-state index in [0.717, 1.165) is 128 Å². The summed E-state index contributed by atoms with van der Waals surface area (Å²) in [6.45, 7) is 6.65. The molecule has 0 aromatic carbocycles. The van der Waals surface area contributed by atoms with Crippen LogP contribution in [0.25, 0.3) is 0 Å². The van der Waals surface area contributed by atoms with Crippen molar-refractivity contribution in [2.24, 2.45) is 0 Å². The molecular weight excluding hydrogens is 892 g/mol. The molecule has 0 bridgehead atoms. The number of likely N-dealkylation sites (N-methyl/N-ethyl adjacent to an activating group) is 1. The molecule has 70 heavy (non-hydrogen) atoms. The number of phosphoric ester groups is 1. The number of amides is 1. The zero-order valence-corrected chi connectivity index (χ0v) is 46.8. The Morgan fingerprint density at radius 1 is 0.514 bits per heavy atom. The topological polar surface area (TPSA) is 114 Å². The Hall–Kier alpha value is -2.81. The Morgan fingerprint density at radius 3 is 1.43 bits per heavy atom. The van der Waals surface area contributed by atoms with Gasteiger partial charge in [0.15, 0.2) is 0 Å². The first-order valence-electron chi connectivity index (χ1n) is 28.4. The highest BCUT2D eigenvalue weighted by Crippen LogP contribution is 2.38. The second-order valence-corrected chi connectivity index (χ2v) is 21.5. The molecule has 1 N–H and O–H groups in total. The second-order valence-electron chi connectivity index (χ2n) is 20.1. The standard InChI is InChI=1S/C60H107N2O7P/c1-7-10-13-16-19-22-25-27-28-29-30-31-32-33-34-35-38-41-44-47-50-53-60(64)69-58(51-48-45-42-39-37-26-23-20-17-14-11-8-2)57(56-68-70(65,66)67-55-54-62(4,5)6)61-59(63)52-49-46-43-40-36-24-21-18-15-12-9-3/h10,13,18-19,21-22,27-28,30-31,33-34,48,51,57-58H,7-9,11-12,14-17,20,23-26,29,32,35-47,49-50,52-56H2,1-6H3,(H-,61,63,65,66)/b13-10-,21-18-,22-19-,28-27-,31-30-,34-33-,51-48-. The predicted octanol–water partition coefficient (Wildman–Crippen LogP) is 16.4. The molecule has 0 fully saturated rings. The van der Waals surface area contributed by atoms with E-state index in [1.807, 2.05) is 33.3 Å². The minimum Gasteiger partial charge on any atom is -0.756 e. The van der Waals surface area contributed by atoms with Crippen LogP contribution < -0.4 is 10.2 Å². The van der Waals surface area contributed by atoms with Crippen molar-refractivity contribution in [1.82, 2.24) is 5.32 Å². The third kappa shape index (κ3) is 50.1. The van der Waals surface area contributed by atoms with Gasteiger partial charge in [-0.05, 0) is 96.0 Å². The molecule has 0 rings (SSSR count). The van der Waals surface area contributed by atoms with Gasteiger partial charge in [0.05, 0.1) is 33.8 Å². The highest BCUT2D eigenvalue weighted by atomic mass is 31.2. The van der Waals surface area contributed by atoms with Gasteiger partial charge in [0.2, 0.25) is 5.91 Å². The van der Waals surface area contributed by atoms with E-state index in [0.29, 0.717) is 23.9 Å². The van der Waals surface area contributed by atoms with E-state index >= 15 is 0 Å². The molecule has 3 atom stereocenters. The summed E-state index contributed by atoms with van der Waals surface area (Å²) in [6, 6.07) is -0.903. The number of hydrogen-bond acceptors (Lipinski definition) is 7. The lowest BCUT2D eigenvalue weighted by atomic mass is 10.0. The minimum absolute atomic E-state index is 0.0308. The molecule has 0 aromatic rings. The Labute approximate surface area is 431 Å². The molecule has 0 radical (unpaired) electrons. The van der Waals surface area contributed by atoms with Gasteiger partial charge in [-0.15, -0.1) is 0 Å². The molecule has 0 aliphatic heterocycles. The fraction of sp³-hybridized carbons (Fsp3) is 0.733. The first-order chi connectivity index (χ1) is 33.9. The number of nitrogens with zero attached hydrogens (tertiary/aromatic N) is 1. The number of hydrogen-bond donors (Lipinski definition) is 1. The van der Waals surface area contributed by atoms with Crippen molar-refractivity contribution in [1.29, 1.82) is 0 Å². The van der Waals surface area contributed by atoms with Gasteiger partial charge in [-0.25, -0.2) is 0 Å². The quantitative estimate of drug-likeness (QED) is 0.0212. The average Bonchev–Trinajstić information content (AvgIpc) is 3.32. The molecule has 10 heteroatoms. The van der Waals surface area contributed by atoms with E-state index in [4.69, 9.17) is 13.8 Å². The predicted molar refractivity (Wildman–Crippen MR) is 298 cm³/mol. The summed E-state index contributed by atoms with van der Waals surface area (Å²) in [5, 5.41) is 3.00. The molecule has 1 amide bonds. The fourth-order valence-electron chi connectivity index (χ4n) is 7.65. The summed E-state index contributed by atoms with van der Waals surface area (Å²) in [5.74, 6) is -0.579. The fourth-order valence-corrected chi connectivity index (χ4v) is 8.37. The maximum atomic E-state index is 13.4. The van der Waals surface area contributed by atoms with Crippen LogP contribution >= 0.6 is 7.82 Å². The summed E-state index contributed by atoms with van der Waals surface area (Å²) >= 11 is 0. The number of quaternary nitrogens is 1. The molecule has 9 nitrogen and oxygen atoms in total. The first-order valence-corrected chi connectivity index (χ1v) is 29.9. The van der Waals surface area contributed by atoms with Gasteiger partial charge in [-0.1, -0.05) is 209 Å². The Kier molecular flexibility index (Phi) is 47.8. The first kappa shape index (κ1) is 67.2. The van der Waals surface area contributed by atoms with Crippen LogP contribution in [-0.4, -0.2) is 69.4 Å². The van der Waals surface area contributed by atoms with Gasteiger partial charge in [0, 0.05) is 12.8 Å². The summed E-state index contributed by atoms with van der Waals surface area (Å²) in [5.41, 5.74) is 0. The molecule has 0 saturated carbocycles. The van der Waals surface area contributed by atoms with Crippen LogP contribution in [-0.2, 0) is 27.9 Å². The molecule has 3 unspecified atom stereocenters. The highest BCUT2D eigenvalue weighted by Gasteiger charge is 2.27. The van der Waals surface area contributed by atoms with E-state index < -0.39 is 26.6 Å². The summed E-state index contributed by atoms with van der Waals surface area (Å²) in [4.78, 5) is 39.8. The highest BCUT2D eigenvalue weighted by molar-refractivity contribution is 7.45. The molecule has 0 spiro atoms. The third-order valence-corrected chi connectivity index (χ3v) is 13.0. The maximum Gasteiger partial charge on any atom is 0.306 e. The molecule has 0 heterocycles. The zero-order valence-electron chi connectivity index (χ0n) is 45.9. The molecule has 0 saturated heterocycles. The Bertz CT molecular complexity index is 1480. The number of rotatable bonds is 50. The van der Waals surface area contributed by atoms with Crippen molar-refractivity contribution >= 4 is 19.7 Å². The van der Waals surface area contributed by atoms with Gasteiger partial charge >= 0.3 is 5.97 Å². The smallest absolute Gasteiger partial charge is 0.306 e. The van der Waals surface area contributed by atoms with Gasteiger partial charge in [-0.2, -0.15) is 0 Å². The summed E-state index contributed by atoms with van der Waals surface area (Å²) in [6.07, 6.45) is 64.0. The van der Waals surface area contributed by atoms with E-state index in [1.165, 1.54) is 64.2 Å². The van der Waals surface area contributed by atoms with Crippen LogP contribution in [0.4, 0.5) is 0 Å². The number of ether oxygens (including phenoxy) is 1. The minimum atomic E-state index is -4.70. The van der Waals surface area contributed by atoms with Crippen LogP contribution in [0.2, 0.25) is 0 Å². The second kappa shape index (κ2) is 49.8. The zero-order chi connectivity index (χ0) is 51.5. The van der Waals surface area contributed by atoms with Crippen LogP contribution in [0.15, 0.2) is 85.1 Å². The van der Waals surface area contributed by atoms with E-state index in [1.54, 1.807) is 0 Å². The lowest BCUT2D eigenvalue weighted by Crippen LogP contribution is -2.47. The molecule has 0 aromatic heterocycles. The number of unbranched alkanes of at least 4 members (excludes halogenated alkanes) is 22. The van der Waals surface area contributed by atoms with E-state index in [2.05, 4.69) is 99.0 Å². The third-order valence-electron chi connectivity index (χ3n) is 12.1. The number of allylic oxidation sites excluding steroid dienone is 13. The van der Waals surface area contributed by atoms with Crippen LogP contribution in [0.5, 0.6) is 0 Å². The number of carbonyl (C=O) groups is 2. The number of nitrogens with one attached hydrogen (secondary N) is 1. The van der Waals surface area contributed by atoms with Crippen LogP contribution in [0.1, 0.15) is 233 Å². The van der Waals surface area contributed by atoms with Crippen molar-refractivity contribution in [3.8, 4) is 0 Å². The van der Waals surface area contributed by atoms with E-state index in [9.17, 15) is 19.0 Å². The largest absolute Gasteiger partial charge is 0.756 e. The normalized spacial score (nSPS) is 14.4. The SMILES string of the molecule is CC/C=C\C/C=C\C/C=C\C/C=C\C/C=C\CCCCCCCC(=O)OC(/C=C\CCCCCCCCCCCC)C(COP(=O)([O-])OCC[N+](C)(C)C)NC(=O)CCCCCCC/C=C\CCCC. The van der Waals surface area contributed by atoms with Crippen molar-refractivity contribution in [2.75, 3.05) is 40.9 Å². The summed E-state index contributed by atoms with van der Waals surface area (Å²) < 4.78 is 30.2. The van der Waals surface area contributed by atoms with Crippen molar-refractivity contribution in [3.63, 3.8) is 0 Å². The maximum absolute atomic E-state index is 13.4. The molecular formula is C60H107N2O7P. The van der Waals surface area contributed by atoms with Gasteiger partial charge in [0.1, 0.15) is 19.3 Å². The molecule has 404 valence electrons. The monoisotopic (exact) mass is 999 g/mol. The lowest BCUT2D eigenvalue weighted by Gasteiger charge is -2.30. The van der Waals surface area contributed by atoms with E-state index in [-0.39, 0.29) is 24.9 Å². The van der Waals surface area contributed by atoms with Gasteiger partial charge < -0.3 is 28.5 Å². The van der Waals surface area contributed by atoms with Crippen molar-refractivity contribution in [2.45, 2.75) is 245 Å². The van der Waals surface area contributed by atoms with Crippen molar-refractivity contribution in [3.05, 3.63) is 85.1 Å². The number of phosphoric acid groups is 1. The number of carbonyl (C=O) groups excluding carboxylic acids is 2. The summed E-state index contributed by atoms with van der Waals surface area (Å²) in [7, 11) is 1.16. The van der Waals surface area contributed by atoms with Crippen LogP contribution in [0, 0.1) is 0 Å². The van der Waals surface area contributed by atoms with Gasteiger partial charge in [-0.3, -0.25) is 14.2 Å². The Morgan fingerprint density at radius 2 is 0.929 bits per heavy atom. The van der Waals surface area contributed by atoms with Crippen molar-refractivity contribution < 1.29 is 37.3 Å². The Balaban J connectivity index is 5.33. The van der Waals surface area contributed by atoms with Gasteiger partial charge in [0.25, 0.3) is 7.82 Å².